The summed E-state index contributed by atoms with van der Waals surface area (Å²) >= 11 is 0. The van der Waals surface area contributed by atoms with Crippen LogP contribution in [0.2, 0.25) is 0 Å². The number of rotatable bonds is 8. The summed E-state index contributed by atoms with van der Waals surface area (Å²) in [6.07, 6.45) is 1.10. The summed E-state index contributed by atoms with van der Waals surface area (Å²) in [7, 11) is 0. The standard InChI is InChI=1S/C15H24N2O3/c1-3-7-13(18)11-17-15(19)16-10-12-8-5-6-9-14(12)20-4-2/h5-6,8-9,13,18H,3-4,7,10-11H2,1-2H3,(H2,16,17,19). The van der Waals surface area contributed by atoms with Gasteiger partial charge < -0.3 is 20.5 Å². The normalized spacial score (nSPS) is 11.8. The maximum atomic E-state index is 11.6. The molecule has 1 unspecified atom stereocenters. The molecule has 0 fully saturated rings. The van der Waals surface area contributed by atoms with E-state index in [1.54, 1.807) is 0 Å². The molecule has 2 amide bonds. The van der Waals surface area contributed by atoms with Crippen LogP contribution >= 0.6 is 0 Å². The summed E-state index contributed by atoms with van der Waals surface area (Å²) in [5.41, 5.74) is 0.929. The molecule has 0 aliphatic heterocycles. The summed E-state index contributed by atoms with van der Waals surface area (Å²) in [5, 5.41) is 14.9. The maximum absolute atomic E-state index is 11.6. The third kappa shape index (κ3) is 5.93. The van der Waals surface area contributed by atoms with Crippen molar-refractivity contribution in [3.05, 3.63) is 29.8 Å². The van der Waals surface area contributed by atoms with Gasteiger partial charge in [-0.05, 0) is 19.4 Å². The van der Waals surface area contributed by atoms with Gasteiger partial charge in [0.1, 0.15) is 5.75 Å². The van der Waals surface area contributed by atoms with Gasteiger partial charge in [-0.2, -0.15) is 0 Å². The molecule has 0 saturated carbocycles. The molecule has 5 nitrogen and oxygen atoms in total. The molecule has 1 aromatic rings. The van der Waals surface area contributed by atoms with Gasteiger partial charge in [-0.25, -0.2) is 4.79 Å². The van der Waals surface area contributed by atoms with Crippen LogP contribution in [0.3, 0.4) is 0 Å². The number of aliphatic hydroxyl groups is 1. The largest absolute Gasteiger partial charge is 0.494 e. The van der Waals surface area contributed by atoms with E-state index in [0.29, 0.717) is 19.6 Å². The van der Waals surface area contributed by atoms with Crippen molar-refractivity contribution >= 4 is 6.03 Å². The summed E-state index contributed by atoms with van der Waals surface area (Å²) in [4.78, 5) is 11.6. The number of benzene rings is 1. The van der Waals surface area contributed by atoms with Gasteiger partial charge in [0, 0.05) is 18.7 Å². The molecule has 1 aromatic carbocycles. The predicted octanol–water partition coefficient (Wildman–Crippen LogP) is 2.05. The van der Waals surface area contributed by atoms with Gasteiger partial charge in [0.05, 0.1) is 12.7 Å². The molecule has 3 N–H and O–H groups in total. The fourth-order valence-electron chi connectivity index (χ4n) is 1.83. The van der Waals surface area contributed by atoms with Crippen LogP contribution in [0.5, 0.6) is 5.75 Å². The Labute approximate surface area is 120 Å². The van der Waals surface area contributed by atoms with Gasteiger partial charge in [0.25, 0.3) is 0 Å². The number of amides is 2. The zero-order chi connectivity index (χ0) is 14.8. The van der Waals surface area contributed by atoms with E-state index in [9.17, 15) is 9.90 Å². The van der Waals surface area contributed by atoms with Crippen molar-refractivity contribution in [2.45, 2.75) is 39.3 Å². The Morgan fingerprint density at radius 3 is 2.75 bits per heavy atom. The Hall–Kier alpha value is -1.75. The maximum Gasteiger partial charge on any atom is 0.315 e. The van der Waals surface area contributed by atoms with E-state index in [1.165, 1.54) is 0 Å². The summed E-state index contributed by atoms with van der Waals surface area (Å²) < 4.78 is 5.49. The first-order valence-corrected chi connectivity index (χ1v) is 7.07. The smallest absolute Gasteiger partial charge is 0.315 e. The average molecular weight is 280 g/mol. The van der Waals surface area contributed by atoms with E-state index in [1.807, 2.05) is 38.1 Å². The van der Waals surface area contributed by atoms with Crippen molar-refractivity contribution in [1.29, 1.82) is 0 Å². The molecule has 0 radical (unpaired) electrons. The Morgan fingerprint density at radius 2 is 2.05 bits per heavy atom. The second-order valence-electron chi connectivity index (χ2n) is 4.55. The highest BCUT2D eigenvalue weighted by atomic mass is 16.5. The van der Waals surface area contributed by atoms with Crippen LogP contribution in [0, 0.1) is 0 Å². The van der Waals surface area contributed by atoms with E-state index in [-0.39, 0.29) is 12.6 Å². The highest BCUT2D eigenvalue weighted by Gasteiger charge is 2.07. The van der Waals surface area contributed by atoms with Gasteiger partial charge in [0.2, 0.25) is 0 Å². The van der Waals surface area contributed by atoms with Crippen molar-refractivity contribution in [3.8, 4) is 5.75 Å². The molecular weight excluding hydrogens is 256 g/mol. The molecule has 0 aromatic heterocycles. The predicted molar refractivity (Wildman–Crippen MR) is 78.8 cm³/mol. The highest BCUT2D eigenvalue weighted by molar-refractivity contribution is 5.73. The van der Waals surface area contributed by atoms with Crippen LogP contribution < -0.4 is 15.4 Å². The van der Waals surface area contributed by atoms with Gasteiger partial charge in [-0.3, -0.25) is 0 Å². The monoisotopic (exact) mass is 280 g/mol. The minimum absolute atomic E-state index is 0.271. The average Bonchev–Trinajstić information content (AvgIpc) is 2.45. The van der Waals surface area contributed by atoms with Gasteiger partial charge in [-0.1, -0.05) is 31.5 Å². The molecule has 5 heteroatoms. The lowest BCUT2D eigenvalue weighted by Crippen LogP contribution is -2.39. The van der Waals surface area contributed by atoms with Crippen LogP contribution in [0.1, 0.15) is 32.3 Å². The van der Waals surface area contributed by atoms with Gasteiger partial charge in [-0.15, -0.1) is 0 Å². The quantitative estimate of drug-likeness (QED) is 0.682. The van der Waals surface area contributed by atoms with Gasteiger partial charge in [0.15, 0.2) is 0 Å². The van der Waals surface area contributed by atoms with E-state index in [4.69, 9.17) is 4.74 Å². The molecular formula is C15H24N2O3. The molecule has 0 saturated heterocycles. The Balaban J connectivity index is 2.37. The minimum Gasteiger partial charge on any atom is -0.494 e. The van der Waals surface area contributed by atoms with Crippen LogP contribution in [-0.4, -0.2) is 30.4 Å². The molecule has 1 atom stereocenters. The molecule has 0 aliphatic rings. The zero-order valence-corrected chi connectivity index (χ0v) is 12.2. The Morgan fingerprint density at radius 1 is 1.30 bits per heavy atom. The highest BCUT2D eigenvalue weighted by Crippen LogP contribution is 2.17. The fourth-order valence-corrected chi connectivity index (χ4v) is 1.83. The van der Waals surface area contributed by atoms with Crippen molar-refractivity contribution in [3.63, 3.8) is 0 Å². The Bertz CT molecular complexity index is 410. The molecule has 0 spiro atoms. The van der Waals surface area contributed by atoms with Gasteiger partial charge >= 0.3 is 6.03 Å². The van der Waals surface area contributed by atoms with Crippen LogP contribution in [0.15, 0.2) is 24.3 Å². The van der Waals surface area contributed by atoms with E-state index in [2.05, 4.69) is 10.6 Å². The number of para-hydroxylation sites is 1. The molecule has 0 bridgehead atoms. The number of urea groups is 1. The lowest BCUT2D eigenvalue weighted by molar-refractivity contribution is 0.160. The fraction of sp³-hybridized carbons (Fsp3) is 0.533. The number of hydrogen-bond donors (Lipinski definition) is 3. The van der Waals surface area contributed by atoms with Crippen LogP contribution in [0.25, 0.3) is 0 Å². The van der Waals surface area contributed by atoms with E-state index < -0.39 is 6.10 Å². The SMILES string of the molecule is CCCC(O)CNC(=O)NCc1ccccc1OCC. The van der Waals surface area contributed by atoms with Crippen molar-refractivity contribution in [1.82, 2.24) is 10.6 Å². The lowest BCUT2D eigenvalue weighted by Gasteiger charge is -2.13. The number of carbonyl (C=O) groups excluding carboxylic acids is 1. The topological polar surface area (TPSA) is 70.6 Å². The minimum atomic E-state index is -0.485. The number of nitrogens with one attached hydrogen (secondary N) is 2. The molecule has 112 valence electrons. The third-order valence-corrected chi connectivity index (χ3v) is 2.83. The van der Waals surface area contributed by atoms with Crippen molar-refractivity contribution < 1.29 is 14.6 Å². The number of carbonyl (C=O) groups is 1. The molecule has 0 heterocycles. The summed E-state index contributed by atoms with van der Waals surface area (Å²) in [6.45, 7) is 5.17. The van der Waals surface area contributed by atoms with E-state index in [0.717, 1.165) is 17.7 Å². The van der Waals surface area contributed by atoms with Crippen molar-refractivity contribution in [2.24, 2.45) is 0 Å². The first-order valence-electron chi connectivity index (χ1n) is 7.07. The number of hydrogen-bond acceptors (Lipinski definition) is 3. The number of aliphatic hydroxyl groups excluding tert-OH is 1. The van der Waals surface area contributed by atoms with E-state index >= 15 is 0 Å². The summed E-state index contributed by atoms with van der Waals surface area (Å²) in [6, 6.07) is 7.31. The second kappa shape index (κ2) is 9.20. The first-order chi connectivity index (χ1) is 9.67. The molecule has 20 heavy (non-hydrogen) atoms. The van der Waals surface area contributed by atoms with Crippen LogP contribution in [-0.2, 0) is 6.54 Å². The lowest BCUT2D eigenvalue weighted by atomic mass is 10.2. The molecule has 1 rings (SSSR count). The zero-order valence-electron chi connectivity index (χ0n) is 12.2. The Kier molecular flexibility index (Phi) is 7.50. The summed E-state index contributed by atoms with van der Waals surface area (Å²) in [5.74, 6) is 0.779. The van der Waals surface area contributed by atoms with Crippen LogP contribution in [0.4, 0.5) is 4.79 Å². The second-order valence-corrected chi connectivity index (χ2v) is 4.55. The van der Waals surface area contributed by atoms with Crippen molar-refractivity contribution in [2.75, 3.05) is 13.2 Å². The third-order valence-electron chi connectivity index (χ3n) is 2.83. The first kappa shape index (κ1) is 16.3. The molecule has 0 aliphatic carbocycles. The number of ether oxygens (including phenoxy) is 1.